The lowest BCUT2D eigenvalue weighted by molar-refractivity contribution is -0.0595. The Morgan fingerprint density at radius 1 is 0.766 bits per heavy atom. The largest absolute Gasteiger partial charge is 0.472 e. The first kappa shape index (κ1) is 44.1. The number of nitrogens with zero attached hydrogens (tertiary/aromatic N) is 17. The first-order valence-electron chi connectivity index (χ1n) is 18.2. The minimum atomic E-state index is -5.32. The van der Waals surface area contributed by atoms with Gasteiger partial charge in [0.2, 0.25) is 5.95 Å². The van der Waals surface area contributed by atoms with Crippen molar-refractivity contribution in [3.05, 3.63) is 62.9 Å². The van der Waals surface area contributed by atoms with Crippen molar-refractivity contribution in [3.8, 4) is 0 Å². The van der Waals surface area contributed by atoms with Crippen molar-refractivity contribution in [1.29, 1.82) is 0 Å². The van der Waals surface area contributed by atoms with Crippen LogP contribution in [0.2, 0.25) is 0 Å². The number of azide groups is 2. The molecule has 36 heteroatoms. The van der Waals surface area contributed by atoms with Crippen LogP contribution in [0.1, 0.15) is 12.5 Å². The van der Waals surface area contributed by atoms with Gasteiger partial charge in [-0.15, -0.1) is 0 Å². The SMILES string of the molecule is [N-]=[N+]=N[C@H]1[C@@H](OP(=O)(O)OC[C@H]2O[C@@H](n3cnc4c(N)ncnc43)[C@H](OP(=O)(O)OCCOCn3cnc4c(=O)[nH]c(N)nc43)[C@@H]2N=[N+]=[N-])[C@H](n2cnc3c(N)ncnc32)O[C@@H]1CO. The number of hydrogen-bond donors (Lipinski definition) is 7. The van der Waals surface area contributed by atoms with E-state index in [9.17, 15) is 39.9 Å². The summed E-state index contributed by atoms with van der Waals surface area (Å²) in [6.07, 6.45) is -3.30. The minimum Gasteiger partial charge on any atom is -0.394 e. The maximum Gasteiger partial charge on any atom is 0.472 e. The number of hydrogen-bond acceptors (Lipinski definition) is 24. The van der Waals surface area contributed by atoms with E-state index in [0.717, 1.165) is 12.7 Å². The predicted molar refractivity (Wildman–Crippen MR) is 210 cm³/mol. The lowest BCUT2D eigenvalue weighted by Gasteiger charge is -2.25. The van der Waals surface area contributed by atoms with Gasteiger partial charge in [-0.3, -0.25) is 41.6 Å². The number of nitrogens with two attached hydrogens (primary N) is 3. The van der Waals surface area contributed by atoms with E-state index in [1.807, 2.05) is 0 Å². The van der Waals surface area contributed by atoms with E-state index in [-0.39, 0.29) is 64.4 Å². The molecule has 6 aromatic heterocycles. The van der Waals surface area contributed by atoms with Crippen molar-refractivity contribution < 1.29 is 56.3 Å². The molecule has 2 saturated heterocycles. The average Bonchev–Trinajstić information content (AvgIpc) is 4.09. The summed E-state index contributed by atoms with van der Waals surface area (Å²) < 4.78 is 70.1. The van der Waals surface area contributed by atoms with E-state index in [0.29, 0.717) is 0 Å². The molecule has 2 aliphatic heterocycles. The molecule has 2 fully saturated rings. The van der Waals surface area contributed by atoms with Crippen LogP contribution in [0.3, 0.4) is 0 Å². The van der Waals surface area contributed by atoms with E-state index < -0.39 is 90.0 Å². The van der Waals surface area contributed by atoms with Crippen LogP contribution in [0.25, 0.3) is 54.4 Å². The highest BCUT2D eigenvalue weighted by Crippen LogP contribution is 2.53. The van der Waals surface area contributed by atoms with Crippen LogP contribution in [-0.4, -0.2) is 136 Å². The molecule has 0 bridgehead atoms. The zero-order chi connectivity index (χ0) is 45.3. The molecule has 2 unspecified atom stereocenters. The number of imidazole rings is 3. The van der Waals surface area contributed by atoms with E-state index in [1.165, 1.54) is 32.7 Å². The molecule has 0 amide bonds. The third-order valence-electron chi connectivity index (χ3n) is 9.62. The number of ether oxygens (including phenoxy) is 3. The van der Waals surface area contributed by atoms with E-state index >= 15 is 0 Å². The van der Waals surface area contributed by atoms with E-state index in [1.54, 1.807) is 0 Å². The maximum atomic E-state index is 13.7. The first-order chi connectivity index (χ1) is 30.7. The summed E-state index contributed by atoms with van der Waals surface area (Å²) in [6.45, 7) is -2.74. The van der Waals surface area contributed by atoms with Gasteiger partial charge in [-0.2, -0.15) is 4.98 Å². The topological polar surface area (TPSA) is 486 Å². The van der Waals surface area contributed by atoms with Crippen LogP contribution in [0.4, 0.5) is 17.6 Å². The number of aromatic nitrogens is 12. The summed E-state index contributed by atoms with van der Waals surface area (Å²) in [5.41, 5.74) is 36.3. The fourth-order valence-corrected chi connectivity index (χ4v) is 8.72. The molecule has 8 heterocycles. The van der Waals surface area contributed by atoms with Crippen molar-refractivity contribution >= 4 is 66.7 Å². The first-order valence-corrected chi connectivity index (χ1v) is 21.2. The number of aliphatic hydroxyl groups is 1. The number of nitrogens with one attached hydrogen (secondary N) is 1. The Balaban J connectivity index is 1.00. The summed E-state index contributed by atoms with van der Waals surface area (Å²) in [6, 6.07) is -3.05. The molecule has 6 aromatic rings. The highest BCUT2D eigenvalue weighted by atomic mass is 31.2. The lowest BCUT2D eigenvalue weighted by atomic mass is 10.1. The van der Waals surface area contributed by atoms with Gasteiger partial charge < -0.3 is 46.3 Å². The van der Waals surface area contributed by atoms with E-state index in [2.05, 4.69) is 64.9 Å². The van der Waals surface area contributed by atoms with Gasteiger partial charge in [0.1, 0.15) is 42.6 Å². The Hall–Kier alpha value is -6.47. The Morgan fingerprint density at radius 3 is 1.89 bits per heavy atom. The third-order valence-corrected chi connectivity index (χ3v) is 11.6. The number of H-pyrrole nitrogens is 1. The monoisotopic (exact) mass is 933 g/mol. The molecule has 338 valence electrons. The van der Waals surface area contributed by atoms with Gasteiger partial charge in [0.25, 0.3) is 5.56 Å². The van der Waals surface area contributed by atoms with Crippen LogP contribution < -0.4 is 22.8 Å². The molecule has 0 radical (unpaired) electrons. The van der Waals surface area contributed by atoms with E-state index in [4.69, 9.17) is 49.5 Å². The van der Waals surface area contributed by atoms with Crippen LogP contribution in [0.15, 0.2) is 46.7 Å². The zero-order valence-corrected chi connectivity index (χ0v) is 34.0. The summed E-state index contributed by atoms with van der Waals surface area (Å²) in [5.74, 6) is -0.216. The fraction of sp³-hybridized carbons (Fsp3) is 0.464. The van der Waals surface area contributed by atoms with Crippen LogP contribution in [-0.2, 0) is 48.2 Å². The number of phosphoric acid groups is 2. The van der Waals surface area contributed by atoms with Gasteiger partial charge in [-0.05, 0) is 11.1 Å². The van der Waals surface area contributed by atoms with Crippen LogP contribution in [0, 0.1) is 0 Å². The number of phosphoric ester groups is 2. The molecule has 0 saturated carbocycles. The Bertz CT molecular complexity index is 2950. The highest BCUT2D eigenvalue weighted by molar-refractivity contribution is 7.47. The molecule has 0 aliphatic carbocycles. The fourth-order valence-electron chi connectivity index (χ4n) is 6.89. The van der Waals surface area contributed by atoms with Gasteiger partial charge in [-0.25, -0.2) is 44.0 Å². The van der Waals surface area contributed by atoms with Gasteiger partial charge in [0, 0.05) is 9.82 Å². The Labute approximate surface area is 353 Å². The molecule has 2 aliphatic rings. The summed E-state index contributed by atoms with van der Waals surface area (Å²) in [7, 11) is -10.4. The van der Waals surface area contributed by atoms with Crippen molar-refractivity contribution in [1.82, 2.24) is 58.6 Å². The maximum absolute atomic E-state index is 13.7. The van der Waals surface area contributed by atoms with Crippen molar-refractivity contribution in [2.24, 2.45) is 10.2 Å². The highest BCUT2D eigenvalue weighted by Gasteiger charge is 2.53. The molecule has 34 nitrogen and oxygen atoms in total. The second kappa shape index (κ2) is 18.0. The number of anilines is 3. The molecule has 0 spiro atoms. The van der Waals surface area contributed by atoms with Crippen molar-refractivity contribution in [2.45, 2.75) is 55.7 Å². The van der Waals surface area contributed by atoms with Gasteiger partial charge >= 0.3 is 15.6 Å². The van der Waals surface area contributed by atoms with Crippen LogP contribution in [0.5, 0.6) is 0 Å². The second-order valence-electron chi connectivity index (χ2n) is 13.5. The molecular formula is C28H33N21O13P2. The predicted octanol–water partition coefficient (Wildman–Crippen LogP) is -0.331. The number of nitrogen functional groups attached to an aromatic ring is 3. The molecule has 10 atom stereocenters. The quantitative estimate of drug-likeness (QED) is 0.0191. The number of aliphatic hydroxyl groups excluding tert-OH is 1. The third kappa shape index (κ3) is 8.73. The molecule has 64 heavy (non-hydrogen) atoms. The summed E-state index contributed by atoms with van der Waals surface area (Å²) in [5, 5.41) is 17.4. The van der Waals surface area contributed by atoms with Gasteiger partial charge in [0.05, 0.1) is 69.7 Å². The smallest absolute Gasteiger partial charge is 0.394 e. The zero-order valence-electron chi connectivity index (χ0n) is 32.2. The van der Waals surface area contributed by atoms with Gasteiger partial charge in [-0.1, -0.05) is 10.2 Å². The molecule has 10 N–H and O–H groups in total. The van der Waals surface area contributed by atoms with Crippen molar-refractivity contribution in [2.75, 3.05) is 43.6 Å². The normalized spacial score (nSPS) is 25.3. The number of aromatic amines is 1. The lowest BCUT2D eigenvalue weighted by Crippen LogP contribution is -2.35. The van der Waals surface area contributed by atoms with Gasteiger partial charge in [0.15, 0.2) is 46.5 Å². The Morgan fingerprint density at radius 2 is 1.31 bits per heavy atom. The summed E-state index contributed by atoms with van der Waals surface area (Å²) in [4.78, 5) is 74.4. The molecule has 0 aromatic carbocycles. The average molecular weight is 934 g/mol. The van der Waals surface area contributed by atoms with Crippen molar-refractivity contribution in [3.63, 3.8) is 0 Å². The summed E-state index contributed by atoms with van der Waals surface area (Å²) >= 11 is 0. The van der Waals surface area contributed by atoms with Crippen LogP contribution >= 0.6 is 15.6 Å². The second-order valence-corrected chi connectivity index (χ2v) is 16.3. The number of rotatable bonds is 18. The Kier molecular flexibility index (Phi) is 12.4. The number of fused-ring (bicyclic) bond motifs is 3. The standard InChI is InChI=1S/C28H33N21O13P2/c29-20-15-22(36-5-34-20)48(8-39-15)26-18(13(43-45-32)11(3-50)59-26)62-64(54,55)58-4-12-14(44-46-33)19(27(60-12)49-9-40-16-21(30)35-6-37-23(16)49)61-63(52,53)57-2-1-56-10-47-7-38-17-24(47)41-28(31)42-25(17)51/h5-9,11-14,18-19,26-27,50H,1-4,10H2,(H,52,53)(H,54,55)(H2,29,34,36)(H2,30,35,37)(H3,31,41,42,51)/t11-,12-,13-,14-,18-,19-,26-,27-/m1/s1. The molecular weight excluding hydrogens is 900 g/mol. The molecule has 8 rings (SSSR count). The minimum absolute atomic E-state index is 0.00285.